The molecule has 0 bridgehead atoms. The number of benzene rings is 3. The average molecular weight is 365 g/mol. The van der Waals surface area contributed by atoms with Crippen LogP contribution < -0.4 is 0 Å². The second-order valence-electron chi connectivity index (χ2n) is 6.46. The van der Waals surface area contributed by atoms with Crippen LogP contribution in [-0.4, -0.2) is 9.97 Å². The van der Waals surface area contributed by atoms with E-state index in [9.17, 15) is 9.65 Å². The second-order valence-corrected chi connectivity index (χ2v) is 6.46. The first-order chi connectivity index (χ1) is 13.7. The molecule has 0 N–H and O–H groups in total. The highest BCUT2D eigenvalue weighted by atomic mass is 19.1. The molecule has 3 aromatic carbocycles. The number of nitriles is 1. The summed E-state index contributed by atoms with van der Waals surface area (Å²) in [5, 5.41) is 9.28. The van der Waals surface area contributed by atoms with Crippen LogP contribution in [0.4, 0.5) is 4.39 Å². The summed E-state index contributed by atoms with van der Waals surface area (Å²) in [6, 6.07) is 26.4. The fourth-order valence-electron chi connectivity index (χ4n) is 3.08. The van der Waals surface area contributed by atoms with Gasteiger partial charge in [-0.15, -0.1) is 0 Å². The number of hydrogen-bond donors (Lipinski definition) is 0. The standard InChI is InChI=1S/C24H16FN3/c1-16-12-17(15-26)13-20(23(16)25)24-27-21(18-8-4-2-5-9-18)14-22(28-24)19-10-6-3-7-11-19/h2-14H,1H3. The van der Waals surface area contributed by atoms with Crippen molar-refractivity contribution in [3.63, 3.8) is 0 Å². The van der Waals surface area contributed by atoms with E-state index in [1.54, 1.807) is 6.92 Å². The largest absolute Gasteiger partial charge is 0.228 e. The summed E-state index contributed by atoms with van der Waals surface area (Å²) in [5.41, 5.74) is 4.22. The van der Waals surface area contributed by atoms with Crippen molar-refractivity contribution in [3.8, 4) is 40.0 Å². The van der Waals surface area contributed by atoms with Gasteiger partial charge in [-0.1, -0.05) is 60.7 Å². The van der Waals surface area contributed by atoms with Gasteiger partial charge in [0.2, 0.25) is 0 Å². The summed E-state index contributed by atoms with van der Waals surface area (Å²) in [6.07, 6.45) is 0. The molecule has 0 amide bonds. The van der Waals surface area contributed by atoms with Crippen molar-refractivity contribution >= 4 is 0 Å². The molecule has 1 aromatic heterocycles. The summed E-state index contributed by atoms with van der Waals surface area (Å²) in [4.78, 5) is 9.23. The van der Waals surface area contributed by atoms with E-state index >= 15 is 0 Å². The van der Waals surface area contributed by atoms with E-state index in [1.807, 2.05) is 66.7 Å². The van der Waals surface area contributed by atoms with Crippen LogP contribution in [0.3, 0.4) is 0 Å². The average Bonchev–Trinajstić information content (AvgIpc) is 2.76. The second kappa shape index (κ2) is 7.42. The quantitative estimate of drug-likeness (QED) is 0.461. The van der Waals surface area contributed by atoms with Crippen LogP contribution in [0.5, 0.6) is 0 Å². The Morgan fingerprint density at radius 3 is 1.82 bits per heavy atom. The maximum absolute atomic E-state index is 14.9. The van der Waals surface area contributed by atoms with Crippen molar-refractivity contribution in [2.24, 2.45) is 0 Å². The fourth-order valence-corrected chi connectivity index (χ4v) is 3.08. The highest BCUT2D eigenvalue weighted by Crippen LogP contribution is 2.30. The predicted molar refractivity (Wildman–Crippen MR) is 108 cm³/mol. The van der Waals surface area contributed by atoms with E-state index in [0.29, 0.717) is 22.5 Å². The van der Waals surface area contributed by atoms with Gasteiger partial charge in [-0.05, 0) is 30.7 Å². The Balaban J connectivity index is 1.98. The summed E-state index contributed by atoms with van der Waals surface area (Å²) in [7, 11) is 0. The minimum Gasteiger partial charge on any atom is -0.228 e. The van der Waals surface area contributed by atoms with Gasteiger partial charge in [-0.2, -0.15) is 5.26 Å². The number of halogens is 1. The molecule has 134 valence electrons. The summed E-state index contributed by atoms with van der Waals surface area (Å²) in [6.45, 7) is 1.64. The van der Waals surface area contributed by atoms with E-state index in [1.165, 1.54) is 12.1 Å². The Kier molecular flexibility index (Phi) is 4.65. The van der Waals surface area contributed by atoms with Crippen LogP contribution >= 0.6 is 0 Å². The third-order valence-corrected chi connectivity index (χ3v) is 4.49. The lowest BCUT2D eigenvalue weighted by Crippen LogP contribution is -1.99. The van der Waals surface area contributed by atoms with Crippen LogP contribution in [0, 0.1) is 24.1 Å². The van der Waals surface area contributed by atoms with Gasteiger partial charge in [0.25, 0.3) is 0 Å². The van der Waals surface area contributed by atoms with E-state index in [-0.39, 0.29) is 11.4 Å². The molecular formula is C24H16FN3. The first-order valence-corrected chi connectivity index (χ1v) is 8.86. The normalized spacial score (nSPS) is 10.5. The minimum atomic E-state index is -0.414. The maximum Gasteiger partial charge on any atom is 0.163 e. The van der Waals surface area contributed by atoms with Gasteiger partial charge in [0.05, 0.1) is 28.6 Å². The molecule has 4 heteroatoms. The maximum atomic E-state index is 14.9. The van der Waals surface area contributed by atoms with Gasteiger partial charge >= 0.3 is 0 Å². The smallest absolute Gasteiger partial charge is 0.163 e. The van der Waals surface area contributed by atoms with Gasteiger partial charge < -0.3 is 0 Å². The molecule has 0 unspecified atom stereocenters. The summed E-state index contributed by atoms with van der Waals surface area (Å²) >= 11 is 0. The lowest BCUT2D eigenvalue weighted by molar-refractivity contribution is 0.620. The molecule has 3 nitrogen and oxygen atoms in total. The van der Waals surface area contributed by atoms with Crippen LogP contribution in [0.15, 0.2) is 78.9 Å². The molecule has 0 aliphatic heterocycles. The Bertz CT molecular complexity index is 1120. The SMILES string of the molecule is Cc1cc(C#N)cc(-c2nc(-c3ccccc3)cc(-c3ccccc3)n2)c1F. The van der Waals surface area contributed by atoms with Crippen molar-refractivity contribution in [1.82, 2.24) is 9.97 Å². The highest BCUT2D eigenvalue weighted by molar-refractivity contribution is 5.72. The zero-order chi connectivity index (χ0) is 19.5. The molecular weight excluding hydrogens is 349 g/mol. The monoisotopic (exact) mass is 365 g/mol. The number of aromatic nitrogens is 2. The van der Waals surface area contributed by atoms with Crippen LogP contribution in [0.25, 0.3) is 33.9 Å². The van der Waals surface area contributed by atoms with Crippen LogP contribution in [0.1, 0.15) is 11.1 Å². The number of aryl methyl sites for hydroxylation is 1. The lowest BCUT2D eigenvalue weighted by Gasteiger charge is -2.11. The Morgan fingerprint density at radius 2 is 1.32 bits per heavy atom. The molecule has 0 aliphatic rings. The topological polar surface area (TPSA) is 49.6 Å². The molecule has 0 spiro atoms. The molecule has 4 aromatic rings. The molecule has 0 fully saturated rings. The van der Waals surface area contributed by atoms with Crippen LogP contribution in [-0.2, 0) is 0 Å². The lowest BCUT2D eigenvalue weighted by atomic mass is 10.0. The van der Waals surface area contributed by atoms with E-state index in [0.717, 1.165) is 11.1 Å². The van der Waals surface area contributed by atoms with Gasteiger partial charge in [-0.3, -0.25) is 0 Å². The van der Waals surface area contributed by atoms with Gasteiger partial charge in [0, 0.05) is 11.1 Å². The van der Waals surface area contributed by atoms with Crippen LogP contribution in [0.2, 0.25) is 0 Å². The van der Waals surface area contributed by atoms with Crippen molar-refractivity contribution < 1.29 is 4.39 Å². The first kappa shape index (κ1) is 17.6. The van der Waals surface area contributed by atoms with Crippen molar-refractivity contribution in [3.05, 3.63) is 95.8 Å². The highest BCUT2D eigenvalue weighted by Gasteiger charge is 2.16. The zero-order valence-electron chi connectivity index (χ0n) is 15.2. The summed E-state index contributed by atoms with van der Waals surface area (Å²) in [5.74, 6) is -0.152. The number of rotatable bonds is 3. The Labute approximate surface area is 162 Å². The molecule has 0 radical (unpaired) electrons. The third kappa shape index (κ3) is 3.38. The van der Waals surface area contributed by atoms with Crippen molar-refractivity contribution in [2.45, 2.75) is 6.92 Å². The molecule has 0 saturated carbocycles. The summed E-state index contributed by atoms with van der Waals surface area (Å²) < 4.78 is 14.9. The molecule has 0 atom stereocenters. The zero-order valence-corrected chi connectivity index (χ0v) is 15.2. The Morgan fingerprint density at radius 1 is 0.786 bits per heavy atom. The minimum absolute atomic E-state index is 0.228. The molecule has 28 heavy (non-hydrogen) atoms. The van der Waals surface area contributed by atoms with Gasteiger partial charge in [0.15, 0.2) is 5.82 Å². The van der Waals surface area contributed by atoms with E-state index < -0.39 is 5.82 Å². The first-order valence-electron chi connectivity index (χ1n) is 8.86. The molecule has 1 heterocycles. The number of nitrogens with zero attached hydrogens (tertiary/aromatic N) is 3. The predicted octanol–water partition coefficient (Wildman–Crippen LogP) is 5.80. The molecule has 4 rings (SSSR count). The van der Waals surface area contributed by atoms with Gasteiger partial charge in [0.1, 0.15) is 5.82 Å². The van der Waals surface area contributed by atoms with E-state index in [4.69, 9.17) is 0 Å². The van der Waals surface area contributed by atoms with Gasteiger partial charge in [-0.25, -0.2) is 14.4 Å². The number of hydrogen-bond acceptors (Lipinski definition) is 3. The van der Waals surface area contributed by atoms with Crippen molar-refractivity contribution in [2.75, 3.05) is 0 Å². The third-order valence-electron chi connectivity index (χ3n) is 4.49. The molecule has 0 saturated heterocycles. The molecule has 0 aliphatic carbocycles. The van der Waals surface area contributed by atoms with Crippen molar-refractivity contribution in [1.29, 1.82) is 5.26 Å². The fraction of sp³-hybridized carbons (Fsp3) is 0.0417. The Hall–Kier alpha value is -3.84. The van der Waals surface area contributed by atoms with E-state index in [2.05, 4.69) is 16.0 Å².